The topological polar surface area (TPSA) is 89.5 Å². The van der Waals surface area contributed by atoms with Gasteiger partial charge in [0, 0.05) is 12.0 Å². The van der Waals surface area contributed by atoms with Crippen molar-refractivity contribution < 1.29 is 19.1 Å². The zero-order chi connectivity index (χ0) is 28.6. The average Bonchev–Trinajstić information content (AvgIpc) is 3.26. The molecule has 9 heteroatoms. The number of benzene rings is 4. The van der Waals surface area contributed by atoms with Crippen LogP contribution in [0, 0.1) is 0 Å². The van der Waals surface area contributed by atoms with E-state index < -0.39 is 11.8 Å². The summed E-state index contributed by atoms with van der Waals surface area (Å²) in [5.74, 6) is 0.686. The summed E-state index contributed by atoms with van der Waals surface area (Å²) in [4.78, 5) is 41.7. The quantitative estimate of drug-likeness (QED) is 0.154. The van der Waals surface area contributed by atoms with E-state index in [0.717, 1.165) is 54.6 Å². The molecule has 0 saturated heterocycles. The van der Waals surface area contributed by atoms with Crippen molar-refractivity contribution in [3.63, 3.8) is 0 Å². The number of carbonyl (C=O) groups excluding carboxylic acids is 3. The SMILES string of the molecule is O=C(CN1C(=O)c2ccccc2C1=O)Sc1nnc(-c2ccc3c(c2)Sc2ccccc2O3)cc1Cc1ccccc1. The molecule has 0 atom stereocenters. The number of aromatic nitrogens is 2. The Morgan fingerprint density at radius 3 is 2.24 bits per heavy atom. The first-order valence-electron chi connectivity index (χ1n) is 13.2. The lowest BCUT2D eigenvalue weighted by Gasteiger charge is -2.20. The molecule has 0 aliphatic carbocycles. The van der Waals surface area contributed by atoms with Crippen LogP contribution < -0.4 is 4.74 Å². The van der Waals surface area contributed by atoms with Crippen molar-refractivity contribution in [1.82, 2.24) is 15.1 Å². The summed E-state index contributed by atoms with van der Waals surface area (Å²) in [5.41, 5.74) is 4.04. The van der Waals surface area contributed by atoms with Crippen molar-refractivity contribution in [3.05, 3.63) is 125 Å². The molecule has 0 N–H and O–H groups in total. The number of imide groups is 1. The van der Waals surface area contributed by atoms with E-state index in [1.165, 1.54) is 0 Å². The van der Waals surface area contributed by atoms with Gasteiger partial charge in [0.05, 0.1) is 33.2 Å². The zero-order valence-electron chi connectivity index (χ0n) is 22.0. The molecule has 0 saturated carbocycles. The second-order valence-corrected chi connectivity index (χ2v) is 11.9. The van der Waals surface area contributed by atoms with Crippen molar-refractivity contribution in [1.29, 1.82) is 0 Å². The van der Waals surface area contributed by atoms with E-state index in [1.54, 1.807) is 36.0 Å². The first-order valence-corrected chi connectivity index (χ1v) is 14.8. The predicted molar refractivity (Wildman–Crippen MR) is 160 cm³/mol. The van der Waals surface area contributed by atoms with Gasteiger partial charge in [-0.15, -0.1) is 10.2 Å². The van der Waals surface area contributed by atoms with Crippen LogP contribution in [0.5, 0.6) is 11.5 Å². The van der Waals surface area contributed by atoms with Crippen LogP contribution in [0.4, 0.5) is 0 Å². The smallest absolute Gasteiger partial charge is 0.261 e. The summed E-state index contributed by atoms with van der Waals surface area (Å²) in [6.45, 7) is -0.352. The molecule has 5 aromatic rings. The third-order valence-corrected chi connectivity index (χ3v) is 8.97. The molecule has 4 aromatic carbocycles. The third kappa shape index (κ3) is 4.97. The molecule has 0 bridgehead atoms. The van der Waals surface area contributed by atoms with Gasteiger partial charge in [0.25, 0.3) is 11.8 Å². The normalized spacial score (nSPS) is 13.3. The van der Waals surface area contributed by atoms with E-state index in [2.05, 4.69) is 10.2 Å². The van der Waals surface area contributed by atoms with Gasteiger partial charge in [-0.2, -0.15) is 0 Å². The first-order chi connectivity index (χ1) is 20.5. The number of carbonyl (C=O) groups is 3. The number of para-hydroxylation sites is 1. The van der Waals surface area contributed by atoms with Gasteiger partial charge in [0.15, 0.2) is 0 Å². The summed E-state index contributed by atoms with van der Waals surface area (Å²) in [6, 6.07) is 32.3. The second kappa shape index (κ2) is 10.9. The average molecular weight is 588 g/mol. The van der Waals surface area contributed by atoms with Crippen LogP contribution in [-0.4, -0.2) is 38.6 Å². The van der Waals surface area contributed by atoms with E-state index >= 15 is 0 Å². The maximum atomic E-state index is 13.2. The molecule has 2 amide bonds. The van der Waals surface area contributed by atoms with Crippen molar-refractivity contribution in [3.8, 4) is 22.8 Å². The van der Waals surface area contributed by atoms with E-state index in [9.17, 15) is 14.4 Å². The summed E-state index contributed by atoms with van der Waals surface area (Å²) >= 11 is 2.53. The lowest BCUT2D eigenvalue weighted by Crippen LogP contribution is -2.34. The Hall–Kier alpha value is -4.73. The first kappa shape index (κ1) is 26.2. The molecule has 0 fully saturated rings. The summed E-state index contributed by atoms with van der Waals surface area (Å²) < 4.78 is 6.07. The van der Waals surface area contributed by atoms with E-state index in [-0.39, 0.29) is 11.7 Å². The van der Waals surface area contributed by atoms with Gasteiger partial charge in [-0.05, 0) is 71.4 Å². The molecular formula is C33H21N3O4S2. The summed E-state index contributed by atoms with van der Waals surface area (Å²) in [7, 11) is 0. The molecule has 0 spiro atoms. The van der Waals surface area contributed by atoms with Gasteiger partial charge < -0.3 is 4.74 Å². The maximum absolute atomic E-state index is 13.2. The highest BCUT2D eigenvalue weighted by molar-refractivity contribution is 8.13. The number of hydrogen-bond donors (Lipinski definition) is 0. The van der Waals surface area contributed by atoms with Gasteiger partial charge in [-0.25, -0.2) is 0 Å². The van der Waals surface area contributed by atoms with Crippen molar-refractivity contribution in [2.75, 3.05) is 6.54 Å². The number of amides is 2. The highest BCUT2D eigenvalue weighted by atomic mass is 32.2. The van der Waals surface area contributed by atoms with Crippen LogP contribution in [0.25, 0.3) is 11.3 Å². The summed E-state index contributed by atoms with van der Waals surface area (Å²) in [5, 5.41) is 8.99. The van der Waals surface area contributed by atoms with Crippen molar-refractivity contribution >= 4 is 40.5 Å². The molecule has 0 unspecified atom stereocenters. The molecule has 7 nitrogen and oxygen atoms in total. The highest BCUT2D eigenvalue weighted by Gasteiger charge is 2.36. The largest absolute Gasteiger partial charge is 0.455 e. The minimum Gasteiger partial charge on any atom is -0.455 e. The number of thioether (sulfide) groups is 1. The van der Waals surface area contributed by atoms with Crippen molar-refractivity contribution in [2.45, 2.75) is 21.2 Å². The van der Waals surface area contributed by atoms with E-state index in [0.29, 0.717) is 28.3 Å². The van der Waals surface area contributed by atoms with Gasteiger partial charge in [-0.3, -0.25) is 19.3 Å². The number of hydrogen-bond acceptors (Lipinski definition) is 8. The standard InChI is InChI=1S/C33H21N3O4S2/c37-30(19-36-32(38)23-10-4-5-11-24(23)33(36)39)42-31-22(16-20-8-2-1-3-9-20)17-25(34-35-31)21-14-15-27-29(18-21)41-28-13-7-6-12-26(28)40-27/h1-15,17-18H,16,19H2. The van der Waals surface area contributed by atoms with E-state index in [1.807, 2.05) is 78.9 Å². The van der Waals surface area contributed by atoms with Crippen LogP contribution in [-0.2, 0) is 11.2 Å². The molecule has 1 aromatic heterocycles. The van der Waals surface area contributed by atoms with E-state index in [4.69, 9.17) is 4.74 Å². The fraction of sp³-hybridized carbons (Fsp3) is 0.0606. The third-order valence-electron chi connectivity index (χ3n) is 6.98. The fourth-order valence-electron chi connectivity index (χ4n) is 4.93. The van der Waals surface area contributed by atoms with Crippen LogP contribution in [0.2, 0.25) is 0 Å². The molecule has 2 aliphatic rings. The molecule has 42 heavy (non-hydrogen) atoms. The lowest BCUT2D eigenvalue weighted by molar-refractivity contribution is -0.111. The fourth-order valence-corrected chi connectivity index (χ4v) is 6.67. The molecule has 0 radical (unpaired) electrons. The molecule has 7 rings (SSSR count). The lowest BCUT2D eigenvalue weighted by atomic mass is 10.0. The molecular weight excluding hydrogens is 567 g/mol. The molecule has 3 heterocycles. The Kier molecular flexibility index (Phi) is 6.81. The van der Waals surface area contributed by atoms with Gasteiger partial charge in [0.2, 0.25) is 5.12 Å². The number of ether oxygens (including phenoxy) is 1. The minimum absolute atomic E-state index is 0.311. The summed E-state index contributed by atoms with van der Waals surface area (Å²) in [6.07, 6.45) is 0.530. The Balaban J connectivity index is 1.16. The molecule has 204 valence electrons. The maximum Gasteiger partial charge on any atom is 0.261 e. The zero-order valence-corrected chi connectivity index (χ0v) is 23.7. The number of rotatable bonds is 6. The van der Waals surface area contributed by atoms with Crippen LogP contribution in [0.3, 0.4) is 0 Å². The van der Waals surface area contributed by atoms with Crippen molar-refractivity contribution in [2.24, 2.45) is 0 Å². The Labute approximate surface area is 249 Å². The van der Waals surface area contributed by atoms with Gasteiger partial charge in [0.1, 0.15) is 16.5 Å². The minimum atomic E-state index is -0.465. The van der Waals surface area contributed by atoms with Gasteiger partial charge >= 0.3 is 0 Å². The number of fused-ring (bicyclic) bond motifs is 3. The second-order valence-electron chi connectivity index (χ2n) is 9.75. The monoisotopic (exact) mass is 587 g/mol. The Bertz CT molecular complexity index is 1860. The van der Waals surface area contributed by atoms with Gasteiger partial charge in [-0.1, -0.05) is 66.4 Å². The highest BCUT2D eigenvalue weighted by Crippen LogP contribution is 2.47. The Morgan fingerprint density at radius 1 is 0.762 bits per heavy atom. The molecule has 2 aliphatic heterocycles. The van der Waals surface area contributed by atoms with Crippen LogP contribution in [0.15, 0.2) is 118 Å². The van der Waals surface area contributed by atoms with Crippen LogP contribution >= 0.6 is 23.5 Å². The van der Waals surface area contributed by atoms with Crippen LogP contribution in [0.1, 0.15) is 31.8 Å². The predicted octanol–water partition coefficient (Wildman–Crippen LogP) is 6.91. The Morgan fingerprint density at radius 2 is 1.45 bits per heavy atom. The number of nitrogens with zero attached hydrogens (tertiary/aromatic N) is 3.